The van der Waals surface area contributed by atoms with E-state index in [1.54, 1.807) is 11.0 Å². The summed E-state index contributed by atoms with van der Waals surface area (Å²) in [6, 6.07) is 1.68. The van der Waals surface area contributed by atoms with Crippen LogP contribution < -0.4 is 0 Å². The van der Waals surface area contributed by atoms with E-state index >= 15 is 0 Å². The number of carbonyl (C=O) groups excluding carboxylic acids is 1. The molecule has 6 heteroatoms. The summed E-state index contributed by atoms with van der Waals surface area (Å²) < 4.78 is 6.94. The first-order valence-electron chi connectivity index (χ1n) is 6.37. The number of carbonyl (C=O) groups is 1. The van der Waals surface area contributed by atoms with Gasteiger partial charge in [0.2, 0.25) is 5.76 Å². The van der Waals surface area contributed by atoms with Crippen molar-refractivity contribution in [3.63, 3.8) is 0 Å². The van der Waals surface area contributed by atoms with Crippen molar-refractivity contribution in [2.24, 2.45) is 7.05 Å². The van der Waals surface area contributed by atoms with Crippen molar-refractivity contribution in [1.29, 1.82) is 0 Å². The summed E-state index contributed by atoms with van der Waals surface area (Å²) in [6.45, 7) is 3.12. The van der Waals surface area contributed by atoms with Crippen LogP contribution in [0.1, 0.15) is 33.9 Å². The highest BCUT2D eigenvalue weighted by molar-refractivity contribution is 5.91. The minimum atomic E-state index is -0.0997. The van der Waals surface area contributed by atoms with Crippen LogP contribution in [0.15, 0.2) is 16.8 Å². The average molecular weight is 260 g/mol. The largest absolute Gasteiger partial charge is 0.351 e. The fourth-order valence-electron chi connectivity index (χ4n) is 2.48. The van der Waals surface area contributed by atoms with Crippen LogP contribution in [0.4, 0.5) is 0 Å². The lowest BCUT2D eigenvalue weighted by Gasteiger charge is -2.18. The Bertz CT molecular complexity index is 614. The van der Waals surface area contributed by atoms with Crippen molar-refractivity contribution in [2.45, 2.75) is 26.3 Å². The topological polar surface area (TPSA) is 64.2 Å². The lowest BCUT2D eigenvalue weighted by Crippen LogP contribution is -2.30. The monoisotopic (exact) mass is 260 g/mol. The molecule has 19 heavy (non-hydrogen) atoms. The summed E-state index contributed by atoms with van der Waals surface area (Å²) >= 11 is 0. The first-order valence-corrected chi connectivity index (χ1v) is 6.37. The van der Waals surface area contributed by atoms with E-state index in [0.717, 1.165) is 30.6 Å². The molecule has 2 aromatic rings. The van der Waals surface area contributed by atoms with E-state index < -0.39 is 0 Å². The second-order valence-electron chi connectivity index (χ2n) is 4.90. The molecule has 0 aromatic carbocycles. The number of aryl methyl sites for hydroxylation is 2. The fraction of sp³-hybridized carbons (Fsp3) is 0.462. The zero-order valence-electron chi connectivity index (χ0n) is 11.1. The SMILES string of the molecule is Cc1cc(C(=O)N2CCCc3c(cnn3C)C2)on1. The Labute approximate surface area is 111 Å². The second kappa shape index (κ2) is 4.53. The van der Waals surface area contributed by atoms with Crippen LogP contribution in [-0.2, 0) is 20.0 Å². The van der Waals surface area contributed by atoms with E-state index in [9.17, 15) is 4.79 Å². The first kappa shape index (κ1) is 12.0. The fourth-order valence-corrected chi connectivity index (χ4v) is 2.48. The van der Waals surface area contributed by atoms with Gasteiger partial charge in [0.05, 0.1) is 11.9 Å². The minimum absolute atomic E-state index is 0.0997. The summed E-state index contributed by atoms with van der Waals surface area (Å²) in [5.74, 6) is 0.210. The molecule has 0 unspecified atom stereocenters. The molecular weight excluding hydrogens is 244 g/mol. The molecule has 100 valence electrons. The predicted molar refractivity (Wildman–Crippen MR) is 67.5 cm³/mol. The van der Waals surface area contributed by atoms with E-state index in [0.29, 0.717) is 12.3 Å². The highest BCUT2D eigenvalue weighted by atomic mass is 16.5. The highest BCUT2D eigenvalue weighted by Gasteiger charge is 2.24. The Morgan fingerprint density at radius 2 is 2.32 bits per heavy atom. The molecule has 0 spiro atoms. The van der Waals surface area contributed by atoms with E-state index in [2.05, 4.69) is 10.3 Å². The van der Waals surface area contributed by atoms with Gasteiger partial charge in [0.1, 0.15) is 0 Å². The van der Waals surface area contributed by atoms with Crippen molar-refractivity contribution in [3.05, 3.63) is 35.0 Å². The third kappa shape index (κ3) is 2.14. The zero-order chi connectivity index (χ0) is 13.4. The average Bonchev–Trinajstić information content (AvgIpc) is 2.89. The van der Waals surface area contributed by atoms with E-state index in [-0.39, 0.29) is 5.91 Å². The molecule has 0 aliphatic carbocycles. The van der Waals surface area contributed by atoms with Crippen LogP contribution in [0.3, 0.4) is 0 Å². The third-order valence-electron chi connectivity index (χ3n) is 3.48. The number of hydrogen-bond acceptors (Lipinski definition) is 4. The molecule has 0 N–H and O–H groups in total. The smallest absolute Gasteiger partial charge is 0.292 e. The molecule has 1 amide bonds. The van der Waals surface area contributed by atoms with Crippen molar-refractivity contribution in [2.75, 3.05) is 6.54 Å². The van der Waals surface area contributed by atoms with Crippen LogP contribution >= 0.6 is 0 Å². The second-order valence-corrected chi connectivity index (χ2v) is 4.90. The molecule has 0 bridgehead atoms. The molecule has 3 heterocycles. The molecule has 0 radical (unpaired) electrons. The van der Waals surface area contributed by atoms with Gasteiger partial charge in [-0.15, -0.1) is 0 Å². The molecule has 0 fully saturated rings. The summed E-state index contributed by atoms with van der Waals surface area (Å²) in [4.78, 5) is 14.1. The van der Waals surface area contributed by atoms with Gasteiger partial charge in [-0.25, -0.2) is 0 Å². The number of aromatic nitrogens is 3. The van der Waals surface area contributed by atoms with Crippen LogP contribution in [0, 0.1) is 6.92 Å². The molecule has 0 saturated heterocycles. The van der Waals surface area contributed by atoms with Gasteiger partial charge in [0, 0.05) is 37.5 Å². The minimum Gasteiger partial charge on any atom is -0.351 e. The first-order chi connectivity index (χ1) is 9.15. The molecule has 1 aliphatic heterocycles. The van der Waals surface area contributed by atoms with E-state index in [4.69, 9.17) is 4.52 Å². The van der Waals surface area contributed by atoms with Gasteiger partial charge in [0.15, 0.2) is 0 Å². The summed E-state index contributed by atoms with van der Waals surface area (Å²) in [7, 11) is 1.94. The number of amides is 1. The summed E-state index contributed by atoms with van der Waals surface area (Å²) in [6.07, 6.45) is 3.73. The molecular formula is C13H16N4O2. The van der Waals surface area contributed by atoms with Crippen LogP contribution in [0.5, 0.6) is 0 Å². The van der Waals surface area contributed by atoms with Gasteiger partial charge >= 0.3 is 0 Å². The summed E-state index contributed by atoms with van der Waals surface area (Å²) in [5, 5.41) is 8.02. The standard InChI is InChI=1S/C13H16N4O2/c1-9-6-12(19-15-9)13(18)17-5-3-4-11-10(8-17)7-14-16(11)2/h6-7H,3-5,8H2,1-2H3. The molecule has 1 aliphatic rings. The Morgan fingerprint density at radius 3 is 3.05 bits per heavy atom. The molecule has 6 nitrogen and oxygen atoms in total. The molecule has 0 atom stereocenters. The zero-order valence-corrected chi connectivity index (χ0v) is 11.1. The molecule has 2 aromatic heterocycles. The van der Waals surface area contributed by atoms with Gasteiger partial charge < -0.3 is 9.42 Å². The van der Waals surface area contributed by atoms with E-state index in [1.165, 1.54) is 5.69 Å². The van der Waals surface area contributed by atoms with Crippen LogP contribution in [0.25, 0.3) is 0 Å². The van der Waals surface area contributed by atoms with Gasteiger partial charge in [-0.1, -0.05) is 5.16 Å². The van der Waals surface area contributed by atoms with E-state index in [1.807, 2.05) is 24.9 Å². The van der Waals surface area contributed by atoms with Crippen LogP contribution in [0.2, 0.25) is 0 Å². The predicted octanol–water partition coefficient (Wildman–Crippen LogP) is 1.31. The van der Waals surface area contributed by atoms with Crippen molar-refractivity contribution in [1.82, 2.24) is 19.8 Å². The summed E-state index contributed by atoms with van der Waals surface area (Å²) in [5.41, 5.74) is 3.05. The number of rotatable bonds is 1. The highest BCUT2D eigenvalue weighted by Crippen LogP contribution is 2.19. The van der Waals surface area contributed by atoms with Crippen molar-refractivity contribution in [3.8, 4) is 0 Å². The van der Waals surface area contributed by atoms with Crippen molar-refractivity contribution < 1.29 is 9.32 Å². The third-order valence-corrected chi connectivity index (χ3v) is 3.48. The van der Waals surface area contributed by atoms with Gasteiger partial charge in [-0.05, 0) is 19.8 Å². The molecule has 3 rings (SSSR count). The quantitative estimate of drug-likeness (QED) is 0.775. The van der Waals surface area contributed by atoms with Crippen molar-refractivity contribution >= 4 is 5.91 Å². The normalized spacial score (nSPS) is 15.2. The maximum Gasteiger partial charge on any atom is 0.292 e. The maximum atomic E-state index is 12.3. The van der Waals surface area contributed by atoms with Gasteiger partial charge in [-0.3, -0.25) is 9.48 Å². The lowest BCUT2D eigenvalue weighted by atomic mass is 10.2. The number of hydrogen-bond donors (Lipinski definition) is 0. The Hall–Kier alpha value is -2.11. The maximum absolute atomic E-state index is 12.3. The number of fused-ring (bicyclic) bond motifs is 1. The Balaban J connectivity index is 1.84. The Morgan fingerprint density at radius 1 is 1.47 bits per heavy atom. The Kier molecular flexibility index (Phi) is 2.85. The van der Waals surface area contributed by atoms with Gasteiger partial charge in [-0.2, -0.15) is 5.10 Å². The number of nitrogens with zero attached hydrogens (tertiary/aromatic N) is 4. The van der Waals surface area contributed by atoms with Crippen LogP contribution in [-0.4, -0.2) is 32.3 Å². The molecule has 0 saturated carbocycles. The lowest BCUT2D eigenvalue weighted by molar-refractivity contribution is 0.0703. The van der Waals surface area contributed by atoms with Gasteiger partial charge in [0.25, 0.3) is 5.91 Å².